The van der Waals surface area contributed by atoms with Gasteiger partial charge in [-0.3, -0.25) is 9.78 Å². The van der Waals surface area contributed by atoms with Gasteiger partial charge in [0.05, 0.1) is 17.7 Å². The van der Waals surface area contributed by atoms with Crippen LogP contribution in [0.25, 0.3) is 0 Å². The predicted octanol–water partition coefficient (Wildman–Crippen LogP) is 3.43. The van der Waals surface area contributed by atoms with E-state index in [2.05, 4.69) is 10.3 Å². The summed E-state index contributed by atoms with van der Waals surface area (Å²) in [4.78, 5) is 15.5. The molecule has 7 heteroatoms. The fourth-order valence-corrected chi connectivity index (χ4v) is 1.94. The van der Waals surface area contributed by atoms with Crippen molar-refractivity contribution in [1.82, 2.24) is 10.3 Å². The average molecular weight is 324 g/mol. The lowest BCUT2D eigenvalue weighted by atomic mass is 10.1. The minimum absolute atomic E-state index is 0.144. The SMILES string of the molecule is CCOc1ccccc1CNC(=O)c1cncc(C(F)(F)F)c1. The van der Waals surface area contributed by atoms with Gasteiger partial charge in [-0.05, 0) is 19.1 Å². The third kappa shape index (κ3) is 4.45. The Kier molecular flexibility index (Phi) is 5.20. The fraction of sp³-hybridized carbons (Fsp3) is 0.250. The van der Waals surface area contributed by atoms with E-state index in [1.54, 1.807) is 24.3 Å². The molecule has 4 nitrogen and oxygen atoms in total. The van der Waals surface area contributed by atoms with Crippen LogP contribution in [0.15, 0.2) is 42.7 Å². The highest BCUT2D eigenvalue weighted by Crippen LogP contribution is 2.28. The molecule has 0 fully saturated rings. The van der Waals surface area contributed by atoms with Gasteiger partial charge in [0.2, 0.25) is 0 Å². The third-order valence-corrected chi connectivity index (χ3v) is 3.04. The summed E-state index contributed by atoms with van der Waals surface area (Å²) in [5.74, 6) is -0.00707. The molecule has 0 aliphatic heterocycles. The van der Waals surface area contributed by atoms with E-state index in [1.807, 2.05) is 6.92 Å². The summed E-state index contributed by atoms with van der Waals surface area (Å²) in [6.07, 6.45) is -2.76. The van der Waals surface area contributed by atoms with Gasteiger partial charge in [0.1, 0.15) is 5.75 Å². The molecule has 1 heterocycles. The molecular weight excluding hydrogens is 309 g/mol. The van der Waals surface area contributed by atoms with Crippen LogP contribution in [0.3, 0.4) is 0 Å². The molecule has 0 aliphatic rings. The number of amides is 1. The third-order valence-electron chi connectivity index (χ3n) is 3.04. The van der Waals surface area contributed by atoms with Crippen LogP contribution < -0.4 is 10.1 Å². The van der Waals surface area contributed by atoms with Gasteiger partial charge in [-0.15, -0.1) is 0 Å². The van der Waals surface area contributed by atoms with Gasteiger partial charge in [0, 0.05) is 24.5 Å². The monoisotopic (exact) mass is 324 g/mol. The number of pyridine rings is 1. The van der Waals surface area contributed by atoms with Gasteiger partial charge in [0.25, 0.3) is 5.91 Å². The molecule has 1 amide bonds. The highest BCUT2D eigenvalue weighted by Gasteiger charge is 2.31. The molecule has 0 saturated carbocycles. The van der Waals surface area contributed by atoms with E-state index in [9.17, 15) is 18.0 Å². The number of alkyl halides is 3. The summed E-state index contributed by atoms with van der Waals surface area (Å²) in [7, 11) is 0. The number of para-hydroxylation sites is 1. The molecule has 0 atom stereocenters. The first kappa shape index (κ1) is 16.8. The minimum Gasteiger partial charge on any atom is -0.494 e. The lowest BCUT2D eigenvalue weighted by Gasteiger charge is -2.11. The number of ether oxygens (including phenoxy) is 1. The molecule has 0 bridgehead atoms. The number of hydrogen-bond acceptors (Lipinski definition) is 3. The Labute approximate surface area is 131 Å². The number of rotatable bonds is 5. The second-order valence-corrected chi connectivity index (χ2v) is 4.68. The number of nitrogens with one attached hydrogen (secondary N) is 1. The second-order valence-electron chi connectivity index (χ2n) is 4.68. The number of benzene rings is 1. The van der Waals surface area contributed by atoms with Gasteiger partial charge in [-0.1, -0.05) is 18.2 Å². The van der Waals surface area contributed by atoms with Crippen LogP contribution in [0.5, 0.6) is 5.75 Å². The molecule has 0 unspecified atom stereocenters. The molecule has 2 aromatic rings. The Morgan fingerprint density at radius 3 is 2.70 bits per heavy atom. The van der Waals surface area contributed by atoms with Gasteiger partial charge < -0.3 is 10.1 Å². The first-order valence-corrected chi connectivity index (χ1v) is 6.93. The quantitative estimate of drug-likeness (QED) is 0.917. The Morgan fingerprint density at radius 2 is 2.00 bits per heavy atom. The maximum Gasteiger partial charge on any atom is 0.417 e. The van der Waals surface area contributed by atoms with Crippen LogP contribution in [0.1, 0.15) is 28.4 Å². The summed E-state index contributed by atoms with van der Waals surface area (Å²) in [6, 6.07) is 7.89. The minimum atomic E-state index is -4.54. The lowest BCUT2D eigenvalue weighted by Crippen LogP contribution is -2.24. The largest absolute Gasteiger partial charge is 0.494 e. The number of carbonyl (C=O) groups is 1. The highest BCUT2D eigenvalue weighted by atomic mass is 19.4. The Hall–Kier alpha value is -2.57. The molecule has 0 saturated heterocycles. The standard InChI is InChI=1S/C16H15F3N2O2/c1-2-23-14-6-4-3-5-11(14)9-21-15(22)12-7-13(10-20-8-12)16(17,18)19/h3-8,10H,2,9H2,1H3,(H,21,22). The predicted molar refractivity (Wildman–Crippen MR) is 78.0 cm³/mol. The van der Waals surface area contributed by atoms with Crippen LogP contribution in [0, 0.1) is 0 Å². The zero-order valence-electron chi connectivity index (χ0n) is 12.4. The molecule has 2 rings (SSSR count). The van der Waals surface area contributed by atoms with Crippen LogP contribution >= 0.6 is 0 Å². The van der Waals surface area contributed by atoms with Gasteiger partial charge >= 0.3 is 6.18 Å². The summed E-state index contributed by atoms with van der Waals surface area (Å²) in [6.45, 7) is 2.46. The Balaban J connectivity index is 2.09. The molecule has 0 spiro atoms. The normalized spacial score (nSPS) is 11.1. The summed E-state index contributed by atoms with van der Waals surface area (Å²) < 4.78 is 43.3. The molecule has 122 valence electrons. The van der Waals surface area contributed by atoms with Crippen molar-refractivity contribution >= 4 is 5.91 Å². The zero-order chi connectivity index (χ0) is 16.9. The number of hydrogen-bond donors (Lipinski definition) is 1. The van der Waals surface area contributed by atoms with Crippen molar-refractivity contribution in [3.05, 3.63) is 59.4 Å². The highest BCUT2D eigenvalue weighted by molar-refractivity contribution is 5.94. The first-order chi connectivity index (χ1) is 10.9. The van der Waals surface area contributed by atoms with Crippen LogP contribution in [-0.2, 0) is 12.7 Å². The second kappa shape index (κ2) is 7.13. The van der Waals surface area contributed by atoms with E-state index in [4.69, 9.17) is 4.74 Å². The van der Waals surface area contributed by atoms with Crippen molar-refractivity contribution in [2.75, 3.05) is 6.61 Å². The van der Waals surface area contributed by atoms with E-state index in [0.717, 1.165) is 17.8 Å². The number of halogens is 3. The van der Waals surface area contributed by atoms with Crippen molar-refractivity contribution in [1.29, 1.82) is 0 Å². The maximum atomic E-state index is 12.6. The van der Waals surface area contributed by atoms with E-state index < -0.39 is 17.6 Å². The van der Waals surface area contributed by atoms with Crippen molar-refractivity contribution in [3.63, 3.8) is 0 Å². The maximum absolute atomic E-state index is 12.6. The van der Waals surface area contributed by atoms with Crippen LogP contribution in [0.2, 0.25) is 0 Å². The molecule has 1 aromatic heterocycles. The topological polar surface area (TPSA) is 51.2 Å². The number of nitrogens with zero attached hydrogens (tertiary/aromatic N) is 1. The van der Waals surface area contributed by atoms with E-state index in [-0.39, 0.29) is 12.1 Å². The summed E-state index contributed by atoms with van der Waals surface area (Å²) in [5.41, 5.74) is -0.365. The van der Waals surface area contributed by atoms with Crippen LogP contribution in [0.4, 0.5) is 13.2 Å². The van der Waals surface area contributed by atoms with Gasteiger partial charge in [-0.2, -0.15) is 13.2 Å². The van der Waals surface area contributed by atoms with E-state index >= 15 is 0 Å². The fourth-order valence-electron chi connectivity index (χ4n) is 1.94. The van der Waals surface area contributed by atoms with Crippen molar-refractivity contribution in [2.45, 2.75) is 19.6 Å². The van der Waals surface area contributed by atoms with Crippen molar-refractivity contribution in [2.24, 2.45) is 0 Å². The summed E-state index contributed by atoms with van der Waals surface area (Å²) >= 11 is 0. The summed E-state index contributed by atoms with van der Waals surface area (Å²) in [5, 5.41) is 2.57. The number of aromatic nitrogens is 1. The number of carbonyl (C=O) groups excluding carboxylic acids is 1. The Bertz CT molecular complexity index is 687. The van der Waals surface area contributed by atoms with E-state index in [0.29, 0.717) is 18.6 Å². The molecule has 0 radical (unpaired) electrons. The van der Waals surface area contributed by atoms with Gasteiger partial charge in [-0.25, -0.2) is 0 Å². The average Bonchev–Trinajstić information content (AvgIpc) is 2.53. The molecular formula is C16H15F3N2O2. The molecule has 1 N–H and O–H groups in total. The molecule has 0 aliphatic carbocycles. The van der Waals surface area contributed by atoms with Crippen molar-refractivity contribution in [3.8, 4) is 5.75 Å². The van der Waals surface area contributed by atoms with Gasteiger partial charge in [0.15, 0.2) is 0 Å². The van der Waals surface area contributed by atoms with E-state index in [1.165, 1.54) is 0 Å². The smallest absolute Gasteiger partial charge is 0.417 e. The molecule has 1 aromatic carbocycles. The zero-order valence-corrected chi connectivity index (χ0v) is 12.4. The van der Waals surface area contributed by atoms with Crippen molar-refractivity contribution < 1.29 is 22.7 Å². The first-order valence-electron chi connectivity index (χ1n) is 6.93. The Morgan fingerprint density at radius 1 is 1.26 bits per heavy atom. The van der Waals surface area contributed by atoms with Crippen LogP contribution in [-0.4, -0.2) is 17.5 Å². The molecule has 23 heavy (non-hydrogen) atoms. The lowest BCUT2D eigenvalue weighted by molar-refractivity contribution is -0.137.